The van der Waals surface area contributed by atoms with Gasteiger partial charge in [-0.05, 0) is 37.7 Å². The summed E-state index contributed by atoms with van der Waals surface area (Å²) in [7, 11) is 3.93. The zero-order chi connectivity index (χ0) is 13.0. The Kier molecular flexibility index (Phi) is 4.92. The van der Waals surface area contributed by atoms with E-state index in [0.717, 1.165) is 31.1 Å². The van der Waals surface area contributed by atoms with Crippen LogP contribution < -0.4 is 10.1 Å². The zero-order valence-electron chi connectivity index (χ0n) is 11.4. The van der Waals surface area contributed by atoms with E-state index in [4.69, 9.17) is 4.74 Å². The minimum absolute atomic E-state index is 0.631. The Labute approximate surface area is 114 Å². The molecular weight excluding hydrogens is 244 g/mol. The van der Waals surface area contributed by atoms with Crippen molar-refractivity contribution in [1.82, 2.24) is 10.2 Å². The first kappa shape index (κ1) is 13.7. The SMILES string of the molecule is COc1ccc(SCC2CNCCN2C)cc1C. The normalized spacial score (nSPS) is 20.9. The molecule has 0 bridgehead atoms. The minimum atomic E-state index is 0.631. The molecular formula is C14H22N2OS. The molecule has 1 aromatic rings. The molecule has 100 valence electrons. The van der Waals surface area contributed by atoms with Gasteiger partial charge in [0.25, 0.3) is 0 Å². The molecule has 1 atom stereocenters. The van der Waals surface area contributed by atoms with E-state index in [2.05, 4.69) is 42.4 Å². The standard InChI is InChI=1S/C14H22N2OS/c1-11-8-13(4-5-14(11)17-3)18-10-12-9-15-6-7-16(12)2/h4-5,8,12,15H,6-7,9-10H2,1-3H3. The summed E-state index contributed by atoms with van der Waals surface area (Å²) in [5.74, 6) is 2.10. The Bertz CT molecular complexity index is 397. The molecule has 18 heavy (non-hydrogen) atoms. The van der Waals surface area contributed by atoms with E-state index in [1.54, 1.807) is 7.11 Å². The van der Waals surface area contributed by atoms with E-state index in [1.165, 1.54) is 10.5 Å². The lowest BCUT2D eigenvalue weighted by atomic mass is 10.2. The third-order valence-electron chi connectivity index (χ3n) is 3.45. The van der Waals surface area contributed by atoms with Gasteiger partial charge in [0.2, 0.25) is 0 Å². The van der Waals surface area contributed by atoms with Crippen LogP contribution in [0.1, 0.15) is 5.56 Å². The van der Waals surface area contributed by atoms with Crippen molar-refractivity contribution >= 4 is 11.8 Å². The highest BCUT2D eigenvalue weighted by Crippen LogP contribution is 2.26. The fourth-order valence-electron chi connectivity index (χ4n) is 2.18. The van der Waals surface area contributed by atoms with Gasteiger partial charge in [-0.2, -0.15) is 0 Å². The first-order chi connectivity index (χ1) is 8.70. The van der Waals surface area contributed by atoms with E-state index < -0.39 is 0 Å². The van der Waals surface area contributed by atoms with Crippen LogP contribution in [0.4, 0.5) is 0 Å². The van der Waals surface area contributed by atoms with Crippen molar-refractivity contribution in [3.63, 3.8) is 0 Å². The largest absolute Gasteiger partial charge is 0.496 e. The monoisotopic (exact) mass is 266 g/mol. The van der Waals surface area contributed by atoms with Crippen LogP contribution in [0.3, 0.4) is 0 Å². The maximum Gasteiger partial charge on any atom is 0.121 e. The van der Waals surface area contributed by atoms with Crippen LogP contribution in [0, 0.1) is 6.92 Å². The highest BCUT2D eigenvalue weighted by Gasteiger charge is 2.18. The van der Waals surface area contributed by atoms with Gasteiger partial charge < -0.3 is 15.0 Å². The van der Waals surface area contributed by atoms with Crippen LogP contribution >= 0.6 is 11.8 Å². The van der Waals surface area contributed by atoms with Gasteiger partial charge in [-0.15, -0.1) is 11.8 Å². The van der Waals surface area contributed by atoms with Crippen molar-refractivity contribution in [2.75, 3.05) is 39.5 Å². The van der Waals surface area contributed by atoms with Crippen LogP contribution in [0.5, 0.6) is 5.75 Å². The highest BCUT2D eigenvalue weighted by molar-refractivity contribution is 7.99. The Hall–Kier alpha value is -0.710. The molecule has 1 aliphatic heterocycles. The third kappa shape index (κ3) is 3.40. The average molecular weight is 266 g/mol. The quantitative estimate of drug-likeness (QED) is 0.843. The topological polar surface area (TPSA) is 24.5 Å². The fraction of sp³-hybridized carbons (Fsp3) is 0.571. The number of ether oxygens (including phenoxy) is 1. The summed E-state index contributed by atoms with van der Waals surface area (Å²) in [5.41, 5.74) is 1.21. The molecule has 0 aromatic heterocycles. The first-order valence-electron chi connectivity index (χ1n) is 6.39. The molecule has 1 heterocycles. The molecule has 0 spiro atoms. The van der Waals surface area contributed by atoms with Crippen LogP contribution in [0.25, 0.3) is 0 Å². The van der Waals surface area contributed by atoms with E-state index in [9.17, 15) is 0 Å². The summed E-state index contributed by atoms with van der Waals surface area (Å²) in [4.78, 5) is 3.77. The Morgan fingerprint density at radius 2 is 2.33 bits per heavy atom. The molecule has 1 aliphatic rings. The number of methoxy groups -OCH3 is 1. The smallest absolute Gasteiger partial charge is 0.121 e. The van der Waals surface area contributed by atoms with Crippen molar-refractivity contribution in [2.24, 2.45) is 0 Å². The number of thioether (sulfide) groups is 1. The minimum Gasteiger partial charge on any atom is -0.496 e. The van der Waals surface area contributed by atoms with Gasteiger partial charge in [-0.3, -0.25) is 0 Å². The average Bonchev–Trinajstić information content (AvgIpc) is 2.38. The number of hydrogen-bond acceptors (Lipinski definition) is 4. The molecule has 0 radical (unpaired) electrons. The molecule has 1 saturated heterocycles. The predicted molar refractivity (Wildman–Crippen MR) is 77.7 cm³/mol. The Morgan fingerprint density at radius 3 is 3.00 bits per heavy atom. The number of benzene rings is 1. The fourth-order valence-corrected chi connectivity index (χ4v) is 3.36. The van der Waals surface area contributed by atoms with Gasteiger partial charge in [-0.25, -0.2) is 0 Å². The molecule has 1 unspecified atom stereocenters. The highest BCUT2D eigenvalue weighted by atomic mass is 32.2. The third-order valence-corrected chi connectivity index (χ3v) is 4.59. The first-order valence-corrected chi connectivity index (χ1v) is 7.37. The summed E-state index contributed by atoms with van der Waals surface area (Å²) in [5, 5.41) is 3.46. The second-order valence-electron chi connectivity index (χ2n) is 4.78. The van der Waals surface area contributed by atoms with E-state index in [-0.39, 0.29) is 0 Å². The molecule has 1 N–H and O–H groups in total. The molecule has 1 aromatic carbocycles. The number of nitrogens with one attached hydrogen (secondary N) is 1. The Morgan fingerprint density at radius 1 is 1.50 bits per heavy atom. The molecule has 4 heteroatoms. The predicted octanol–water partition coefficient (Wildman–Crippen LogP) is 2.00. The van der Waals surface area contributed by atoms with Crippen molar-refractivity contribution in [2.45, 2.75) is 17.9 Å². The van der Waals surface area contributed by atoms with Gasteiger partial charge >= 0.3 is 0 Å². The molecule has 0 amide bonds. The molecule has 0 aliphatic carbocycles. The maximum absolute atomic E-state index is 5.28. The van der Waals surface area contributed by atoms with Crippen LogP contribution in [-0.4, -0.2) is 50.5 Å². The van der Waals surface area contributed by atoms with E-state index in [1.807, 2.05) is 11.8 Å². The maximum atomic E-state index is 5.28. The number of nitrogens with zero attached hydrogens (tertiary/aromatic N) is 1. The molecule has 2 rings (SSSR count). The van der Waals surface area contributed by atoms with Gasteiger partial charge in [0.1, 0.15) is 5.75 Å². The van der Waals surface area contributed by atoms with Crippen molar-refractivity contribution < 1.29 is 4.74 Å². The van der Waals surface area contributed by atoms with E-state index >= 15 is 0 Å². The van der Waals surface area contributed by atoms with Gasteiger partial charge in [0.05, 0.1) is 7.11 Å². The van der Waals surface area contributed by atoms with Gasteiger partial charge in [0, 0.05) is 36.3 Å². The Balaban J connectivity index is 1.91. The second-order valence-corrected chi connectivity index (χ2v) is 5.87. The van der Waals surface area contributed by atoms with Crippen molar-refractivity contribution in [3.8, 4) is 5.75 Å². The summed E-state index contributed by atoms with van der Waals surface area (Å²) in [6.45, 7) is 5.45. The van der Waals surface area contributed by atoms with E-state index in [0.29, 0.717) is 6.04 Å². The number of likely N-dealkylation sites (N-methyl/N-ethyl adjacent to an activating group) is 1. The summed E-state index contributed by atoms with van der Waals surface area (Å²) >= 11 is 1.93. The molecule has 1 fully saturated rings. The summed E-state index contributed by atoms with van der Waals surface area (Å²) in [6.07, 6.45) is 0. The lowest BCUT2D eigenvalue weighted by Gasteiger charge is -2.32. The lowest BCUT2D eigenvalue weighted by molar-refractivity contribution is 0.218. The van der Waals surface area contributed by atoms with Crippen LogP contribution in [-0.2, 0) is 0 Å². The van der Waals surface area contributed by atoms with Crippen molar-refractivity contribution in [3.05, 3.63) is 23.8 Å². The molecule has 3 nitrogen and oxygen atoms in total. The zero-order valence-corrected chi connectivity index (χ0v) is 12.2. The number of rotatable bonds is 4. The number of hydrogen-bond donors (Lipinski definition) is 1. The van der Waals surface area contributed by atoms with Crippen LogP contribution in [0.15, 0.2) is 23.1 Å². The number of aryl methyl sites for hydroxylation is 1. The summed E-state index contributed by atoms with van der Waals surface area (Å²) < 4.78 is 5.28. The number of piperazine rings is 1. The van der Waals surface area contributed by atoms with Gasteiger partial charge in [0.15, 0.2) is 0 Å². The molecule has 0 saturated carbocycles. The van der Waals surface area contributed by atoms with Crippen LogP contribution in [0.2, 0.25) is 0 Å². The second kappa shape index (κ2) is 6.45. The summed E-state index contributed by atoms with van der Waals surface area (Å²) in [6, 6.07) is 7.04. The van der Waals surface area contributed by atoms with Gasteiger partial charge in [-0.1, -0.05) is 0 Å². The van der Waals surface area contributed by atoms with Crippen molar-refractivity contribution in [1.29, 1.82) is 0 Å². The lowest BCUT2D eigenvalue weighted by Crippen LogP contribution is -2.50.